The van der Waals surface area contributed by atoms with Crippen LogP contribution in [0.4, 0.5) is 0 Å². The fourth-order valence-electron chi connectivity index (χ4n) is 2.73. The van der Waals surface area contributed by atoms with E-state index in [1.807, 2.05) is 0 Å². The average molecular weight is 239 g/mol. The van der Waals surface area contributed by atoms with Crippen LogP contribution in [-0.4, -0.2) is 0 Å². The summed E-state index contributed by atoms with van der Waals surface area (Å²) in [6.45, 7) is 9.28. The smallest absolute Gasteiger partial charge is 0.0324 e. The number of unbranched alkanes of at least 4 members (excludes halogenated alkanes) is 3. The van der Waals surface area contributed by atoms with Crippen molar-refractivity contribution < 1.29 is 0 Å². The van der Waals surface area contributed by atoms with Crippen molar-refractivity contribution in [2.24, 2.45) is 11.8 Å². The van der Waals surface area contributed by atoms with Gasteiger partial charge in [-0.05, 0) is 18.3 Å². The average Bonchev–Trinajstić information content (AvgIpc) is 2.34. The van der Waals surface area contributed by atoms with E-state index in [-0.39, 0.29) is 0 Å². The number of rotatable bonds is 12. The Hall–Kier alpha value is 0. The summed E-state index contributed by atoms with van der Waals surface area (Å²) in [5.74, 6) is 1.77. The molecule has 0 aliphatic carbocycles. The Balaban J connectivity index is 3.85. The Labute approximate surface area is 111 Å². The largest absolute Gasteiger partial charge is 0.0654 e. The van der Waals surface area contributed by atoms with E-state index in [9.17, 15) is 0 Å². The van der Waals surface area contributed by atoms with Crippen LogP contribution < -0.4 is 0 Å². The second-order valence-electron chi connectivity index (χ2n) is 5.55. The molecule has 0 N–H and O–H groups in total. The minimum atomic E-state index is 0.878. The molecule has 103 valence electrons. The second-order valence-corrected chi connectivity index (χ2v) is 5.55. The summed E-state index contributed by atoms with van der Waals surface area (Å²) in [6, 6.07) is 0. The minimum absolute atomic E-state index is 0.878. The number of hydrogen-bond acceptors (Lipinski definition) is 0. The van der Waals surface area contributed by atoms with Crippen LogP contribution in [0.25, 0.3) is 0 Å². The molecule has 0 heteroatoms. The van der Waals surface area contributed by atoms with Crippen molar-refractivity contribution in [2.75, 3.05) is 0 Å². The topological polar surface area (TPSA) is 0 Å². The SMILES string of the molecule is CCCCCCC([CH]C(CC)CCC)CCC. The van der Waals surface area contributed by atoms with Gasteiger partial charge in [0.25, 0.3) is 0 Å². The van der Waals surface area contributed by atoms with Gasteiger partial charge in [0.05, 0.1) is 0 Å². The first kappa shape index (κ1) is 17.0. The Morgan fingerprint density at radius 3 is 1.82 bits per heavy atom. The highest BCUT2D eigenvalue weighted by Gasteiger charge is 2.14. The molecule has 0 aromatic carbocycles. The van der Waals surface area contributed by atoms with Crippen LogP contribution in [0.3, 0.4) is 0 Å². The van der Waals surface area contributed by atoms with E-state index in [2.05, 4.69) is 34.1 Å². The van der Waals surface area contributed by atoms with Crippen LogP contribution in [0.15, 0.2) is 0 Å². The zero-order valence-electron chi connectivity index (χ0n) is 12.8. The van der Waals surface area contributed by atoms with E-state index in [0.717, 1.165) is 11.8 Å². The third-order valence-electron chi connectivity index (χ3n) is 3.82. The minimum Gasteiger partial charge on any atom is -0.0654 e. The monoisotopic (exact) mass is 239 g/mol. The molecule has 17 heavy (non-hydrogen) atoms. The van der Waals surface area contributed by atoms with E-state index in [1.165, 1.54) is 64.2 Å². The highest BCUT2D eigenvalue weighted by atomic mass is 14.2. The normalized spacial score (nSPS) is 14.8. The summed E-state index contributed by atoms with van der Waals surface area (Å²) in [5.41, 5.74) is 0. The predicted octanol–water partition coefficient (Wildman–Crippen LogP) is 6.40. The molecule has 0 aromatic heterocycles. The summed E-state index contributed by atoms with van der Waals surface area (Å²) in [7, 11) is 0. The maximum absolute atomic E-state index is 2.69. The van der Waals surface area contributed by atoms with E-state index < -0.39 is 0 Å². The summed E-state index contributed by atoms with van der Waals surface area (Å²) in [5, 5.41) is 0. The Morgan fingerprint density at radius 2 is 1.29 bits per heavy atom. The molecule has 0 aromatic rings. The summed E-state index contributed by atoms with van der Waals surface area (Å²) in [4.78, 5) is 0. The third-order valence-corrected chi connectivity index (χ3v) is 3.82. The zero-order chi connectivity index (χ0) is 12.9. The van der Waals surface area contributed by atoms with Crippen LogP contribution >= 0.6 is 0 Å². The molecule has 1 radical (unpaired) electrons. The van der Waals surface area contributed by atoms with Crippen LogP contribution in [0.2, 0.25) is 0 Å². The van der Waals surface area contributed by atoms with Crippen LogP contribution in [-0.2, 0) is 0 Å². The predicted molar refractivity (Wildman–Crippen MR) is 80.1 cm³/mol. The zero-order valence-corrected chi connectivity index (χ0v) is 12.8. The Morgan fingerprint density at radius 1 is 0.647 bits per heavy atom. The maximum Gasteiger partial charge on any atom is -0.0324 e. The van der Waals surface area contributed by atoms with Gasteiger partial charge >= 0.3 is 0 Å². The van der Waals surface area contributed by atoms with E-state index in [1.54, 1.807) is 0 Å². The molecule has 0 aliphatic heterocycles. The molecular formula is C17H35. The van der Waals surface area contributed by atoms with Crippen molar-refractivity contribution in [3.8, 4) is 0 Å². The van der Waals surface area contributed by atoms with E-state index >= 15 is 0 Å². The second kappa shape index (κ2) is 12.5. The van der Waals surface area contributed by atoms with Crippen LogP contribution in [0.1, 0.15) is 91.9 Å². The van der Waals surface area contributed by atoms with Crippen molar-refractivity contribution in [3.05, 3.63) is 6.42 Å². The van der Waals surface area contributed by atoms with Gasteiger partial charge in [-0.25, -0.2) is 0 Å². The highest BCUT2D eigenvalue weighted by Crippen LogP contribution is 2.26. The molecule has 0 saturated heterocycles. The quantitative estimate of drug-likeness (QED) is 0.345. The lowest BCUT2D eigenvalue weighted by Crippen LogP contribution is -2.10. The molecule has 0 rings (SSSR count). The molecule has 0 bridgehead atoms. The first-order valence-corrected chi connectivity index (χ1v) is 8.13. The van der Waals surface area contributed by atoms with Gasteiger partial charge in [-0.2, -0.15) is 0 Å². The van der Waals surface area contributed by atoms with Crippen LogP contribution in [0.5, 0.6) is 0 Å². The lowest BCUT2D eigenvalue weighted by molar-refractivity contribution is 0.396. The number of hydrogen-bond donors (Lipinski definition) is 0. The van der Waals surface area contributed by atoms with Gasteiger partial charge in [-0.15, -0.1) is 0 Å². The lowest BCUT2D eigenvalue weighted by Gasteiger charge is -2.22. The van der Waals surface area contributed by atoms with Gasteiger partial charge in [0.1, 0.15) is 0 Å². The molecule has 0 saturated carbocycles. The van der Waals surface area contributed by atoms with Gasteiger partial charge < -0.3 is 0 Å². The highest BCUT2D eigenvalue weighted by molar-refractivity contribution is 4.82. The van der Waals surface area contributed by atoms with Gasteiger partial charge in [0, 0.05) is 0 Å². The standard InChI is InChI=1S/C17H35/c1-5-9-10-11-14-17(13-7-3)15-16(8-4)12-6-2/h15-17H,5-14H2,1-4H3. The Bertz CT molecular complexity index is 139. The summed E-state index contributed by atoms with van der Waals surface area (Å²) >= 11 is 0. The molecule has 2 atom stereocenters. The molecule has 0 spiro atoms. The van der Waals surface area contributed by atoms with Gasteiger partial charge in [-0.3, -0.25) is 0 Å². The Kier molecular flexibility index (Phi) is 12.5. The molecule has 0 fully saturated rings. The van der Waals surface area contributed by atoms with Crippen molar-refractivity contribution in [1.82, 2.24) is 0 Å². The molecule has 0 nitrogen and oxygen atoms in total. The van der Waals surface area contributed by atoms with Crippen molar-refractivity contribution in [1.29, 1.82) is 0 Å². The van der Waals surface area contributed by atoms with E-state index in [4.69, 9.17) is 0 Å². The first-order valence-electron chi connectivity index (χ1n) is 8.13. The van der Waals surface area contributed by atoms with Crippen molar-refractivity contribution in [2.45, 2.75) is 91.9 Å². The van der Waals surface area contributed by atoms with Crippen molar-refractivity contribution >= 4 is 0 Å². The molecule has 0 heterocycles. The van der Waals surface area contributed by atoms with Gasteiger partial charge in [0.2, 0.25) is 0 Å². The molecule has 2 unspecified atom stereocenters. The summed E-state index contributed by atoms with van der Waals surface area (Å²) < 4.78 is 0. The van der Waals surface area contributed by atoms with Gasteiger partial charge in [-0.1, -0.05) is 91.9 Å². The third kappa shape index (κ3) is 9.68. The molecular weight excluding hydrogens is 204 g/mol. The fourth-order valence-corrected chi connectivity index (χ4v) is 2.73. The fraction of sp³-hybridized carbons (Fsp3) is 0.941. The molecule has 0 aliphatic rings. The summed E-state index contributed by atoms with van der Waals surface area (Å²) in [6.07, 6.45) is 16.6. The van der Waals surface area contributed by atoms with Gasteiger partial charge in [0.15, 0.2) is 0 Å². The first-order chi connectivity index (χ1) is 8.28. The molecule has 0 amide bonds. The van der Waals surface area contributed by atoms with Crippen LogP contribution in [0, 0.1) is 18.3 Å². The lowest BCUT2D eigenvalue weighted by atomic mass is 9.84. The maximum atomic E-state index is 2.69. The van der Waals surface area contributed by atoms with E-state index in [0.29, 0.717) is 0 Å². The van der Waals surface area contributed by atoms with Crippen molar-refractivity contribution in [3.63, 3.8) is 0 Å².